The van der Waals surface area contributed by atoms with Gasteiger partial charge in [0, 0.05) is 5.38 Å². The highest BCUT2D eigenvalue weighted by atomic mass is 79.9. The van der Waals surface area contributed by atoms with Crippen molar-refractivity contribution in [1.82, 2.24) is 10.4 Å². The molecule has 0 bridgehead atoms. The van der Waals surface area contributed by atoms with Gasteiger partial charge < -0.3 is 0 Å². The molecule has 0 aliphatic rings. The summed E-state index contributed by atoms with van der Waals surface area (Å²) in [6, 6.07) is 4.88. The number of aromatic nitrogens is 1. The minimum Gasteiger partial charge on any atom is -0.271 e. The van der Waals surface area contributed by atoms with Crippen molar-refractivity contribution >= 4 is 27.3 Å². The molecule has 90 valence electrons. The second kappa shape index (κ2) is 5.68. The first-order valence-corrected chi connectivity index (χ1v) is 6.72. The van der Waals surface area contributed by atoms with E-state index in [0.717, 1.165) is 11.3 Å². The molecule has 1 unspecified atom stereocenters. The Morgan fingerprint density at radius 3 is 2.94 bits per heavy atom. The van der Waals surface area contributed by atoms with Crippen molar-refractivity contribution in [2.24, 2.45) is 5.84 Å². The number of rotatable bonds is 4. The molecule has 3 nitrogen and oxygen atoms in total. The minimum absolute atomic E-state index is 0.0568. The van der Waals surface area contributed by atoms with E-state index in [0.29, 0.717) is 10.9 Å². The van der Waals surface area contributed by atoms with E-state index in [1.54, 1.807) is 17.6 Å². The first kappa shape index (κ1) is 12.6. The smallest absolute Gasteiger partial charge is 0.137 e. The zero-order valence-corrected chi connectivity index (χ0v) is 11.3. The molecule has 0 aliphatic heterocycles. The molecular weight excluding hydrogens is 305 g/mol. The Balaban J connectivity index is 2.16. The monoisotopic (exact) mass is 315 g/mol. The van der Waals surface area contributed by atoms with E-state index in [9.17, 15) is 4.39 Å². The lowest BCUT2D eigenvalue weighted by Gasteiger charge is -2.13. The van der Waals surface area contributed by atoms with Crippen molar-refractivity contribution in [3.63, 3.8) is 0 Å². The summed E-state index contributed by atoms with van der Waals surface area (Å²) in [6.07, 6.45) is 0.666. The predicted molar refractivity (Wildman–Crippen MR) is 70.0 cm³/mol. The maximum atomic E-state index is 13.1. The van der Waals surface area contributed by atoms with E-state index in [1.807, 2.05) is 5.38 Å². The van der Waals surface area contributed by atoms with Crippen LogP contribution in [0.2, 0.25) is 0 Å². The second-order valence-electron chi connectivity index (χ2n) is 3.59. The third kappa shape index (κ3) is 3.10. The van der Waals surface area contributed by atoms with Crippen LogP contribution in [0.3, 0.4) is 0 Å². The Labute approximate surface area is 111 Å². The molecule has 0 saturated heterocycles. The molecule has 1 aromatic carbocycles. The number of nitrogens with two attached hydrogens (primary N) is 1. The molecule has 1 heterocycles. The van der Waals surface area contributed by atoms with Crippen LogP contribution >= 0.6 is 27.3 Å². The van der Waals surface area contributed by atoms with Crippen LogP contribution in [0.25, 0.3) is 0 Å². The molecule has 3 N–H and O–H groups in total. The Morgan fingerprint density at radius 2 is 2.35 bits per heavy atom. The molecule has 0 fully saturated rings. The van der Waals surface area contributed by atoms with Gasteiger partial charge in [0.1, 0.15) is 5.82 Å². The minimum atomic E-state index is -0.264. The summed E-state index contributed by atoms with van der Waals surface area (Å²) in [6.45, 7) is 0. The van der Waals surface area contributed by atoms with Crippen molar-refractivity contribution in [1.29, 1.82) is 0 Å². The Morgan fingerprint density at radius 1 is 1.53 bits per heavy atom. The summed E-state index contributed by atoms with van der Waals surface area (Å²) >= 11 is 4.69. The van der Waals surface area contributed by atoms with E-state index in [4.69, 9.17) is 5.84 Å². The third-order valence-corrected chi connectivity index (χ3v) is 3.65. The summed E-state index contributed by atoms with van der Waals surface area (Å²) in [5.41, 5.74) is 6.38. The number of thiazole rings is 1. The van der Waals surface area contributed by atoms with Gasteiger partial charge in [-0.1, -0.05) is 6.07 Å². The third-order valence-electron chi connectivity index (χ3n) is 2.43. The van der Waals surface area contributed by atoms with Gasteiger partial charge in [-0.2, -0.15) is 0 Å². The summed E-state index contributed by atoms with van der Waals surface area (Å²) in [7, 11) is 0. The lowest BCUT2D eigenvalue weighted by Crippen LogP contribution is -2.29. The van der Waals surface area contributed by atoms with Gasteiger partial charge in [-0.25, -0.2) is 9.37 Å². The summed E-state index contributed by atoms with van der Waals surface area (Å²) in [5, 5.41) is 1.95. The van der Waals surface area contributed by atoms with Crippen LogP contribution in [0.1, 0.15) is 17.3 Å². The van der Waals surface area contributed by atoms with E-state index < -0.39 is 0 Å². The highest BCUT2D eigenvalue weighted by Gasteiger charge is 2.13. The number of nitrogens with zero attached hydrogens (tertiary/aromatic N) is 1. The molecular formula is C11H11BrFN3S. The first-order chi connectivity index (χ1) is 8.20. The zero-order valence-electron chi connectivity index (χ0n) is 8.86. The number of benzene rings is 1. The molecule has 0 radical (unpaired) electrons. The van der Waals surface area contributed by atoms with Crippen molar-refractivity contribution in [3.8, 4) is 0 Å². The van der Waals surface area contributed by atoms with Crippen LogP contribution in [-0.4, -0.2) is 4.98 Å². The molecule has 0 spiro atoms. The van der Waals surface area contributed by atoms with Crippen molar-refractivity contribution < 1.29 is 4.39 Å². The fourth-order valence-electron chi connectivity index (χ4n) is 1.55. The van der Waals surface area contributed by atoms with Crippen LogP contribution in [0.15, 0.2) is 33.6 Å². The summed E-state index contributed by atoms with van der Waals surface area (Å²) in [5.74, 6) is 5.24. The topological polar surface area (TPSA) is 50.9 Å². The van der Waals surface area contributed by atoms with Crippen molar-refractivity contribution in [2.75, 3.05) is 0 Å². The first-order valence-electron chi connectivity index (χ1n) is 4.99. The average Bonchev–Trinajstić information content (AvgIpc) is 2.84. The molecule has 1 atom stereocenters. The van der Waals surface area contributed by atoms with Gasteiger partial charge in [-0.15, -0.1) is 11.3 Å². The summed E-state index contributed by atoms with van der Waals surface area (Å²) < 4.78 is 13.6. The van der Waals surface area contributed by atoms with Crippen LogP contribution in [0.5, 0.6) is 0 Å². The van der Waals surface area contributed by atoms with Crippen LogP contribution in [-0.2, 0) is 6.42 Å². The van der Waals surface area contributed by atoms with Crippen LogP contribution in [0.4, 0.5) is 4.39 Å². The zero-order chi connectivity index (χ0) is 12.3. The number of hydrogen-bond acceptors (Lipinski definition) is 4. The fraction of sp³-hybridized carbons (Fsp3) is 0.182. The van der Waals surface area contributed by atoms with Crippen LogP contribution < -0.4 is 11.3 Å². The predicted octanol–water partition coefficient (Wildman–Crippen LogP) is 2.79. The lowest BCUT2D eigenvalue weighted by molar-refractivity contribution is 0.539. The molecule has 1 aromatic heterocycles. The van der Waals surface area contributed by atoms with E-state index >= 15 is 0 Å². The second-order valence-corrected chi connectivity index (χ2v) is 5.16. The standard InChI is InChI=1S/C11H11BrFN3S/c12-8-3-7(1-2-9(8)13)4-10(16-14)11-5-17-6-15-11/h1-3,5-6,10,16H,4,14H2. The number of halogens is 2. The van der Waals surface area contributed by atoms with Crippen molar-refractivity contribution in [2.45, 2.75) is 12.5 Å². The van der Waals surface area contributed by atoms with Gasteiger partial charge >= 0.3 is 0 Å². The van der Waals surface area contributed by atoms with Crippen molar-refractivity contribution in [3.05, 3.63) is 50.6 Å². The Kier molecular flexibility index (Phi) is 4.22. The highest BCUT2D eigenvalue weighted by Crippen LogP contribution is 2.22. The van der Waals surface area contributed by atoms with Gasteiger partial charge in [0.2, 0.25) is 0 Å². The SMILES string of the molecule is NNC(Cc1ccc(F)c(Br)c1)c1cscn1. The average molecular weight is 316 g/mol. The highest BCUT2D eigenvalue weighted by molar-refractivity contribution is 9.10. The number of hydrazine groups is 1. The fourth-order valence-corrected chi connectivity index (χ4v) is 2.58. The number of nitrogens with one attached hydrogen (secondary N) is 1. The molecule has 17 heavy (non-hydrogen) atoms. The van der Waals surface area contributed by atoms with E-state index in [-0.39, 0.29) is 11.9 Å². The van der Waals surface area contributed by atoms with Gasteiger partial charge in [0.15, 0.2) is 0 Å². The van der Waals surface area contributed by atoms with E-state index in [1.165, 1.54) is 17.4 Å². The molecule has 0 amide bonds. The van der Waals surface area contributed by atoms with Gasteiger partial charge in [0.25, 0.3) is 0 Å². The Bertz CT molecular complexity index is 489. The van der Waals surface area contributed by atoms with Gasteiger partial charge in [0.05, 0.1) is 21.7 Å². The van der Waals surface area contributed by atoms with E-state index in [2.05, 4.69) is 26.3 Å². The van der Waals surface area contributed by atoms with Gasteiger partial charge in [-0.05, 0) is 40.0 Å². The molecule has 6 heteroatoms. The van der Waals surface area contributed by atoms with Crippen LogP contribution in [0, 0.1) is 5.82 Å². The normalized spacial score (nSPS) is 12.6. The molecule has 2 aromatic rings. The largest absolute Gasteiger partial charge is 0.271 e. The molecule has 0 saturated carbocycles. The number of hydrogen-bond donors (Lipinski definition) is 2. The maximum absolute atomic E-state index is 13.1. The molecule has 0 aliphatic carbocycles. The van der Waals surface area contributed by atoms with Gasteiger partial charge in [-0.3, -0.25) is 11.3 Å². The quantitative estimate of drug-likeness (QED) is 0.674. The summed E-state index contributed by atoms with van der Waals surface area (Å²) in [4.78, 5) is 4.21. The molecule has 2 rings (SSSR count). The lowest BCUT2D eigenvalue weighted by atomic mass is 10.0. The maximum Gasteiger partial charge on any atom is 0.137 e. The Hall–Kier alpha value is -0.820.